The van der Waals surface area contributed by atoms with Crippen molar-refractivity contribution in [1.29, 1.82) is 0 Å². The Morgan fingerprint density at radius 1 is 1.07 bits per heavy atom. The summed E-state index contributed by atoms with van der Waals surface area (Å²) in [4.78, 5) is 24.3. The molecule has 0 spiro atoms. The van der Waals surface area contributed by atoms with Crippen LogP contribution in [0.1, 0.15) is 35.6 Å². The Hall–Kier alpha value is -3.02. The molecule has 6 heteroatoms. The highest BCUT2D eigenvalue weighted by Gasteiger charge is 2.21. The normalized spacial score (nSPS) is 15.3. The third-order valence-electron chi connectivity index (χ3n) is 4.87. The van der Waals surface area contributed by atoms with E-state index in [0.717, 1.165) is 30.4 Å². The molecule has 28 heavy (non-hydrogen) atoms. The standard InChI is InChI=1S/C22H25NO5/c1-26-19-11-10-15(12-20(19)27-2)13-22(25)28-14-21(24)23-18-9-5-7-16-6-3-4-8-17(16)18/h3-4,6,8,10-12,18H,5,7,9,13-14H2,1-2H3,(H,23,24)/t18-/m1/s1. The highest BCUT2D eigenvalue weighted by atomic mass is 16.5. The highest BCUT2D eigenvalue weighted by Crippen LogP contribution is 2.29. The van der Waals surface area contributed by atoms with Crippen LogP contribution in [0.25, 0.3) is 0 Å². The molecule has 0 unspecified atom stereocenters. The zero-order valence-corrected chi connectivity index (χ0v) is 16.2. The van der Waals surface area contributed by atoms with Crippen LogP contribution in [0.3, 0.4) is 0 Å². The molecule has 6 nitrogen and oxygen atoms in total. The predicted molar refractivity (Wildman–Crippen MR) is 104 cm³/mol. The van der Waals surface area contributed by atoms with E-state index in [2.05, 4.69) is 11.4 Å². The van der Waals surface area contributed by atoms with Gasteiger partial charge in [-0.2, -0.15) is 0 Å². The van der Waals surface area contributed by atoms with E-state index < -0.39 is 5.97 Å². The van der Waals surface area contributed by atoms with Crippen molar-refractivity contribution in [3.63, 3.8) is 0 Å². The van der Waals surface area contributed by atoms with Crippen LogP contribution in [0.4, 0.5) is 0 Å². The van der Waals surface area contributed by atoms with Crippen molar-refractivity contribution in [3.05, 3.63) is 59.2 Å². The van der Waals surface area contributed by atoms with Crippen LogP contribution in [0.15, 0.2) is 42.5 Å². The first-order valence-electron chi connectivity index (χ1n) is 9.34. The van der Waals surface area contributed by atoms with Crippen molar-refractivity contribution < 1.29 is 23.8 Å². The molecular formula is C22H25NO5. The molecule has 0 saturated carbocycles. The molecule has 1 aliphatic rings. The smallest absolute Gasteiger partial charge is 0.310 e. The quantitative estimate of drug-likeness (QED) is 0.744. The molecule has 1 atom stereocenters. The summed E-state index contributed by atoms with van der Waals surface area (Å²) in [5.74, 6) is 0.377. The first kappa shape index (κ1) is 19.7. The molecule has 0 saturated heterocycles. The lowest BCUT2D eigenvalue weighted by Crippen LogP contribution is -2.34. The van der Waals surface area contributed by atoms with Gasteiger partial charge in [0.15, 0.2) is 18.1 Å². The third kappa shape index (κ3) is 4.82. The van der Waals surface area contributed by atoms with Crippen molar-refractivity contribution in [3.8, 4) is 11.5 Å². The Labute approximate surface area is 164 Å². The fourth-order valence-corrected chi connectivity index (χ4v) is 3.49. The van der Waals surface area contributed by atoms with Crippen molar-refractivity contribution >= 4 is 11.9 Å². The number of benzene rings is 2. The van der Waals surface area contributed by atoms with Gasteiger partial charge in [0.1, 0.15) is 0 Å². The zero-order chi connectivity index (χ0) is 19.9. The minimum Gasteiger partial charge on any atom is -0.493 e. The summed E-state index contributed by atoms with van der Waals surface area (Å²) < 4.78 is 15.6. The fourth-order valence-electron chi connectivity index (χ4n) is 3.49. The highest BCUT2D eigenvalue weighted by molar-refractivity contribution is 5.81. The average Bonchev–Trinajstić information content (AvgIpc) is 2.72. The van der Waals surface area contributed by atoms with Gasteiger partial charge in [0.2, 0.25) is 0 Å². The number of hydrogen-bond acceptors (Lipinski definition) is 5. The molecular weight excluding hydrogens is 358 g/mol. The van der Waals surface area contributed by atoms with Crippen molar-refractivity contribution in [1.82, 2.24) is 5.32 Å². The van der Waals surface area contributed by atoms with E-state index in [9.17, 15) is 9.59 Å². The monoisotopic (exact) mass is 383 g/mol. The van der Waals surface area contributed by atoms with Crippen LogP contribution in [0, 0.1) is 0 Å². The number of fused-ring (bicyclic) bond motifs is 1. The Morgan fingerprint density at radius 3 is 2.64 bits per heavy atom. The molecule has 1 N–H and O–H groups in total. The predicted octanol–water partition coefficient (Wildman–Crippen LogP) is 2.98. The second-order valence-corrected chi connectivity index (χ2v) is 6.74. The van der Waals surface area contributed by atoms with Crippen LogP contribution in [-0.2, 0) is 27.2 Å². The number of hydrogen-bond donors (Lipinski definition) is 1. The lowest BCUT2D eigenvalue weighted by molar-refractivity contribution is -0.148. The van der Waals surface area contributed by atoms with Gasteiger partial charge in [-0.3, -0.25) is 9.59 Å². The number of nitrogens with one attached hydrogen (secondary N) is 1. The summed E-state index contributed by atoms with van der Waals surface area (Å²) in [7, 11) is 3.09. The number of esters is 1. The largest absolute Gasteiger partial charge is 0.493 e. The molecule has 0 radical (unpaired) electrons. The molecule has 0 heterocycles. The summed E-state index contributed by atoms with van der Waals surface area (Å²) >= 11 is 0. The van der Waals surface area contributed by atoms with Crippen LogP contribution in [-0.4, -0.2) is 32.7 Å². The second-order valence-electron chi connectivity index (χ2n) is 6.74. The van der Waals surface area contributed by atoms with E-state index in [0.29, 0.717) is 11.5 Å². The summed E-state index contributed by atoms with van der Waals surface area (Å²) in [6.45, 7) is -0.287. The van der Waals surface area contributed by atoms with Gasteiger partial charge < -0.3 is 19.5 Å². The fraction of sp³-hybridized carbons (Fsp3) is 0.364. The summed E-state index contributed by atoms with van der Waals surface area (Å²) in [5, 5.41) is 2.97. The third-order valence-corrected chi connectivity index (χ3v) is 4.87. The van der Waals surface area contributed by atoms with Gasteiger partial charge in [-0.15, -0.1) is 0 Å². The molecule has 0 aliphatic heterocycles. The molecule has 0 bridgehead atoms. The SMILES string of the molecule is COc1ccc(CC(=O)OCC(=O)N[C@@H]2CCCc3ccccc32)cc1OC. The second kappa shape index (κ2) is 9.26. The van der Waals surface area contributed by atoms with Gasteiger partial charge in [0.05, 0.1) is 26.7 Å². The van der Waals surface area contributed by atoms with Crippen LogP contribution in [0.5, 0.6) is 11.5 Å². The van der Waals surface area contributed by atoms with E-state index in [1.807, 2.05) is 18.2 Å². The molecule has 2 aromatic carbocycles. The average molecular weight is 383 g/mol. The first-order chi connectivity index (χ1) is 13.6. The molecule has 148 valence electrons. The first-order valence-corrected chi connectivity index (χ1v) is 9.34. The molecule has 3 rings (SSSR count). The van der Waals surface area contributed by atoms with Gasteiger partial charge in [-0.1, -0.05) is 30.3 Å². The van der Waals surface area contributed by atoms with Crippen LogP contribution >= 0.6 is 0 Å². The van der Waals surface area contributed by atoms with Crippen molar-refractivity contribution in [2.75, 3.05) is 20.8 Å². The number of aryl methyl sites for hydroxylation is 1. The van der Waals surface area contributed by atoms with E-state index in [-0.39, 0.29) is 25.0 Å². The Balaban J connectivity index is 1.50. The van der Waals surface area contributed by atoms with Gasteiger partial charge in [0, 0.05) is 0 Å². The maximum Gasteiger partial charge on any atom is 0.310 e. The van der Waals surface area contributed by atoms with Gasteiger partial charge >= 0.3 is 5.97 Å². The lowest BCUT2D eigenvalue weighted by Gasteiger charge is -2.26. The van der Waals surface area contributed by atoms with Gasteiger partial charge in [0.25, 0.3) is 5.91 Å². The Kier molecular flexibility index (Phi) is 6.53. The molecule has 2 aromatic rings. The number of rotatable bonds is 7. The van der Waals surface area contributed by atoms with Gasteiger partial charge in [-0.25, -0.2) is 0 Å². The Morgan fingerprint density at radius 2 is 1.86 bits per heavy atom. The number of carbonyl (C=O) groups excluding carboxylic acids is 2. The minimum absolute atomic E-state index is 0.0259. The lowest BCUT2D eigenvalue weighted by atomic mass is 9.88. The van der Waals surface area contributed by atoms with Crippen molar-refractivity contribution in [2.24, 2.45) is 0 Å². The topological polar surface area (TPSA) is 73.9 Å². The Bertz CT molecular complexity index is 849. The van der Waals surface area contributed by atoms with E-state index in [1.165, 1.54) is 12.7 Å². The number of carbonyl (C=O) groups is 2. The van der Waals surface area contributed by atoms with E-state index in [4.69, 9.17) is 14.2 Å². The molecule has 1 amide bonds. The van der Waals surface area contributed by atoms with Crippen LogP contribution < -0.4 is 14.8 Å². The molecule has 0 aromatic heterocycles. The number of methoxy groups -OCH3 is 2. The minimum atomic E-state index is -0.466. The molecule has 0 fully saturated rings. The summed E-state index contributed by atoms with van der Waals surface area (Å²) in [5.41, 5.74) is 3.15. The summed E-state index contributed by atoms with van der Waals surface area (Å²) in [6, 6.07) is 13.3. The maximum atomic E-state index is 12.2. The number of ether oxygens (including phenoxy) is 3. The van der Waals surface area contributed by atoms with E-state index in [1.54, 1.807) is 25.3 Å². The molecule has 1 aliphatic carbocycles. The maximum absolute atomic E-state index is 12.2. The summed E-state index contributed by atoms with van der Waals surface area (Å²) in [6.07, 6.45) is 3.01. The van der Waals surface area contributed by atoms with Gasteiger partial charge in [-0.05, 0) is 48.1 Å². The van der Waals surface area contributed by atoms with Crippen LogP contribution in [0.2, 0.25) is 0 Å². The zero-order valence-electron chi connectivity index (χ0n) is 16.2. The van der Waals surface area contributed by atoms with Crippen molar-refractivity contribution in [2.45, 2.75) is 31.7 Å². The number of amides is 1. The van der Waals surface area contributed by atoms with E-state index >= 15 is 0 Å².